The standard InChI is InChI=1S/C21H25N3O3/c25-20(8-7-18-13-22-16-23-18)24-11-10-21(9-4-12-27-21)19(14-24)26-15-17-5-2-1-3-6-17/h1-3,5-8,13,16,19H,4,9-12,14-15H2,(H,22,23)/b8-7+/t19-,21+/m1/s1. The highest BCUT2D eigenvalue weighted by Gasteiger charge is 2.47. The molecule has 3 heterocycles. The van der Waals surface area contributed by atoms with E-state index in [1.807, 2.05) is 23.1 Å². The van der Waals surface area contributed by atoms with Crippen LogP contribution in [0.3, 0.4) is 0 Å². The lowest BCUT2D eigenvalue weighted by molar-refractivity contribution is -0.165. The average Bonchev–Trinajstić information content (AvgIpc) is 3.39. The number of ether oxygens (including phenoxy) is 2. The second-order valence-electron chi connectivity index (χ2n) is 7.18. The third-order valence-electron chi connectivity index (χ3n) is 5.44. The number of hydrogen-bond donors (Lipinski definition) is 1. The number of rotatable bonds is 5. The van der Waals surface area contributed by atoms with Gasteiger partial charge in [-0.25, -0.2) is 4.98 Å². The molecule has 2 aromatic rings. The second kappa shape index (κ2) is 8.06. The first-order valence-corrected chi connectivity index (χ1v) is 9.50. The maximum absolute atomic E-state index is 12.6. The molecule has 1 amide bonds. The Morgan fingerprint density at radius 3 is 3.00 bits per heavy atom. The summed E-state index contributed by atoms with van der Waals surface area (Å²) in [6, 6.07) is 10.1. The van der Waals surface area contributed by atoms with E-state index in [4.69, 9.17) is 9.47 Å². The average molecular weight is 367 g/mol. The topological polar surface area (TPSA) is 67.5 Å². The van der Waals surface area contributed by atoms with Gasteiger partial charge >= 0.3 is 0 Å². The van der Waals surface area contributed by atoms with Crippen LogP contribution in [0.5, 0.6) is 0 Å². The first kappa shape index (κ1) is 17.9. The van der Waals surface area contributed by atoms with Gasteiger partial charge in [-0.15, -0.1) is 0 Å². The molecular weight excluding hydrogens is 342 g/mol. The molecule has 2 fully saturated rings. The first-order valence-electron chi connectivity index (χ1n) is 9.50. The van der Waals surface area contributed by atoms with Gasteiger partial charge in [-0.05, 0) is 30.9 Å². The van der Waals surface area contributed by atoms with Crippen LogP contribution in [-0.4, -0.2) is 52.2 Å². The molecule has 0 bridgehead atoms. The molecule has 2 saturated heterocycles. The van der Waals surface area contributed by atoms with Crippen molar-refractivity contribution in [2.24, 2.45) is 0 Å². The number of benzene rings is 1. The lowest BCUT2D eigenvalue weighted by Crippen LogP contribution is -2.57. The van der Waals surface area contributed by atoms with Crippen molar-refractivity contribution < 1.29 is 14.3 Å². The van der Waals surface area contributed by atoms with Gasteiger partial charge in [0.1, 0.15) is 6.10 Å². The summed E-state index contributed by atoms with van der Waals surface area (Å²) in [5.41, 5.74) is 1.69. The summed E-state index contributed by atoms with van der Waals surface area (Å²) < 4.78 is 12.4. The van der Waals surface area contributed by atoms with E-state index in [1.165, 1.54) is 0 Å². The van der Waals surface area contributed by atoms with Gasteiger partial charge < -0.3 is 19.4 Å². The van der Waals surface area contributed by atoms with Gasteiger partial charge in [0.2, 0.25) is 5.91 Å². The highest BCUT2D eigenvalue weighted by atomic mass is 16.6. The van der Waals surface area contributed by atoms with Crippen LogP contribution in [0.15, 0.2) is 48.9 Å². The Labute approximate surface area is 159 Å². The number of aromatic amines is 1. The maximum atomic E-state index is 12.6. The van der Waals surface area contributed by atoms with Crippen LogP contribution >= 0.6 is 0 Å². The fourth-order valence-corrected chi connectivity index (χ4v) is 3.91. The second-order valence-corrected chi connectivity index (χ2v) is 7.18. The lowest BCUT2D eigenvalue weighted by atomic mass is 9.85. The summed E-state index contributed by atoms with van der Waals surface area (Å²) >= 11 is 0. The molecule has 1 N–H and O–H groups in total. The molecule has 0 radical (unpaired) electrons. The minimum absolute atomic E-state index is 0.00856. The molecule has 2 aliphatic heterocycles. The van der Waals surface area contributed by atoms with Crippen LogP contribution < -0.4 is 0 Å². The molecule has 2 aliphatic rings. The Hall–Kier alpha value is -2.44. The van der Waals surface area contributed by atoms with Crippen molar-refractivity contribution >= 4 is 12.0 Å². The molecule has 6 nitrogen and oxygen atoms in total. The molecular formula is C21H25N3O3. The predicted octanol–water partition coefficient (Wildman–Crippen LogP) is 2.79. The molecule has 1 spiro atoms. The van der Waals surface area contributed by atoms with E-state index >= 15 is 0 Å². The molecule has 0 aliphatic carbocycles. The number of nitrogens with one attached hydrogen (secondary N) is 1. The Morgan fingerprint density at radius 2 is 2.26 bits per heavy atom. The first-order chi connectivity index (χ1) is 13.3. The van der Waals surface area contributed by atoms with Gasteiger partial charge in [0.05, 0.1) is 30.4 Å². The summed E-state index contributed by atoms with van der Waals surface area (Å²) in [6.45, 7) is 2.55. The fourth-order valence-electron chi connectivity index (χ4n) is 3.91. The fraction of sp³-hybridized carbons (Fsp3) is 0.429. The number of imidazole rings is 1. The molecule has 2 atom stereocenters. The smallest absolute Gasteiger partial charge is 0.246 e. The molecule has 142 valence electrons. The van der Waals surface area contributed by atoms with E-state index in [1.54, 1.807) is 24.7 Å². The number of H-pyrrole nitrogens is 1. The number of carbonyl (C=O) groups excluding carboxylic acids is 1. The molecule has 1 aromatic carbocycles. The van der Waals surface area contributed by atoms with Crippen molar-refractivity contribution in [2.45, 2.75) is 37.6 Å². The molecule has 0 saturated carbocycles. The number of aromatic nitrogens is 2. The van der Waals surface area contributed by atoms with Gasteiger partial charge in [0, 0.05) is 25.8 Å². The SMILES string of the molecule is O=C(/C=C/c1cnc[nH]1)N1CC[C@@]2(CCCO2)[C@H](OCc2ccccc2)C1. The van der Waals surface area contributed by atoms with Crippen molar-refractivity contribution in [1.82, 2.24) is 14.9 Å². The summed E-state index contributed by atoms with van der Waals surface area (Å²) in [4.78, 5) is 21.4. The van der Waals surface area contributed by atoms with E-state index < -0.39 is 0 Å². The number of amides is 1. The third kappa shape index (κ3) is 4.12. The largest absolute Gasteiger partial charge is 0.372 e. The van der Waals surface area contributed by atoms with E-state index in [9.17, 15) is 4.79 Å². The zero-order chi connectivity index (χ0) is 18.5. The Bertz CT molecular complexity index is 767. The molecule has 0 unspecified atom stereocenters. The number of hydrogen-bond acceptors (Lipinski definition) is 4. The monoisotopic (exact) mass is 367 g/mol. The highest BCUT2D eigenvalue weighted by Crippen LogP contribution is 2.38. The molecule has 6 heteroatoms. The number of nitrogens with zero attached hydrogens (tertiary/aromatic N) is 2. The Kier molecular flexibility index (Phi) is 5.36. The van der Waals surface area contributed by atoms with Crippen LogP contribution in [0.25, 0.3) is 6.08 Å². The summed E-state index contributed by atoms with van der Waals surface area (Å²) in [5.74, 6) is -0.00856. The van der Waals surface area contributed by atoms with Crippen molar-refractivity contribution in [3.63, 3.8) is 0 Å². The Balaban J connectivity index is 1.43. The highest BCUT2D eigenvalue weighted by molar-refractivity contribution is 5.91. The van der Waals surface area contributed by atoms with Crippen molar-refractivity contribution in [1.29, 1.82) is 0 Å². The van der Waals surface area contributed by atoms with Gasteiger partial charge in [0.15, 0.2) is 0 Å². The zero-order valence-corrected chi connectivity index (χ0v) is 15.3. The summed E-state index contributed by atoms with van der Waals surface area (Å²) in [7, 11) is 0. The van der Waals surface area contributed by atoms with Gasteiger partial charge in [-0.1, -0.05) is 30.3 Å². The normalized spacial score (nSPS) is 25.5. The number of likely N-dealkylation sites (tertiary alicyclic amines) is 1. The number of piperidine rings is 1. The van der Waals surface area contributed by atoms with E-state index in [-0.39, 0.29) is 17.6 Å². The summed E-state index contributed by atoms with van der Waals surface area (Å²) in [5, 5.41) is 0. The molecule has 4 rings (SSSR count). The van der Waals surface area contributed by atoms with Gasteiger partial charge in [-0.3, -0.25) is 4.79 Å². The van der Waals surface area contributed by atoms with Crippen molar-refractivity contribution in [3.05, 3.63) is 60.2 Å². The van der Waals surface area contributed by atoms with Crippen LogP contribution in [0.4, 0.5) is 0 Å². The Morgan fingerprint density at radius 1 is 1.37 bits per heavy atom. The summed E-state index contributed by atoms with van der Waals surface area (Å²) in [6.07, 6.45) is 9.39. The van der Waals surface area contributed by atoms with Crippen molar-refractivity contribution in [3.8, 4) is 0 Å². The minimum atomic E-state index is -0.251. The maximum Gasteiger partial charge on any atom is 0.246 e. The molecule has 1 aromatic heterocycles. The van der Waals surface area contributed by atoms with Crippen LogP contribution in [0, 0.1) is 0 Å². The lowest BCUT2D eigenvalue weighted by Gasteiger charge is -2.44. The van der Waals surface area contributed by atoms with Crippen molar-refractivity contribution in [2.75, 3.05) is 19.7 Å². The molecule has 27 heavy (non-hydrogen) atoms. The third-order valence-corrected chi connectivity index (χ3v) is 5.44. The predicted molar refractivity (Wildman–Crippen MR) is 102 cm³/mol. The van der Waals surface area contributed by atoms with Crippen LogP contribution in [0.1, 0.15) is 30.5 Å². The van der Waals surface area contributed by atoms with Gasteiger partial charge in [-0.2, -0.15) is 0 Å². The van der Waals surface area contributed by atoms with Crippen LogP contribution in [-0.2, 0) is 20.9 Å². The number of carbonyl (C=O) groups is 1. The van der Waals surface area contributed by atoms with E-state index in [0.717, 1.165) is 37.1 Å². The van der Waals surface area contributed by atoms with E-state index in [0.29, 0.717) is 19.7 Å². The quantitative estimate of drug-likeness (QED) is 0.825. The van der Waals surface area contributed by atoms with Gasteiger partial charge in [0.25, 0.3) is 0 Å². The minimum Gasteiger partial charge on any atom is -0.372 e. The zero-order valence-electron chi connectivity index (χ0n) is 15.3. The van der Waals surface area contributed by atoms with Crippen LogP contribution in [0.2, 0.25) is 0 Å². The van der Waals surface area contributed by atoms with E-state index in [2.05, 4.69) is 22.1 Å².